The minimum atomic E-state index is 0.708. The largest absolute Gasteiger partial charge is 0.320 e. The zero-order valence-electron chi connectivity index (χ0n) is 6.61. The van der Waals surface area contributed by atoms with Gasteiger partial charge in [0, 0.05) is 6.42 Å². The minimum Gasteiger partial charge on any atom is -0.320 e. The molecule has 0 saturated heterocycles. The van der Waals surface area contributed by atoms with Crippen LogP contribution in [0.25, 0.3) is 0 Å². The average molecular weight is 131 g/mol. The third kappa shape index (κ3) is 35.0. The number of hydrogen-bond donors (Lipinski definition) is 1. The number of rotatable bonds is 3. The summed E-state index contributed by atoms with van der Waals surface area (Å²) in [5, 5.41) is 2.93. The van der Waals surface area contributed by atoms with Crippen LogP contribution in [0.4, 0.5) is 0 Å². The van der Waals surface area contributed by atoms with Gasteiger partial charge in [0.05, 0.1) is 0 Å². The molecule has 0 saturated carbocycles. The van der Waals surface area contributed by atoms with Crippen LogP contribution >= 0.6 is 0 Å². The first-order chi connectivity index (χ1) is 4.33. The van der Waals surface area contributed by atoms with E-state index >= 15 is 0 Å². The van der Waals surface area contributed by atoms with E-state index in [0.29, 0.717) is 6.42 Å². The lowest BCUT2D eigenvalue weighted by molar-refractivity contribution is -0.107. The van der Waals surface area contributed by atoms with E-state index in [1.54, 1.807) is 0 Å². The molecule has 0 aliphatic rings. The van der Waals surface area contributed by atoms with Gasteiger partial charge in [-0.1, -0.05) is 13.8 Å². The van der Waals surface area contributed by atoms with E-state index in [4.69, 9.17) is 0 Å². The summed E-state index contributed by atoms with van der Waals surface area (Å²) in [6.45, 7) is 5.12. The van der Waals surface area contributed by atoms with Gasteiger partial charge in [0.2, 0.25) is 0 Å². The highest BCUT2D eigenvalue weighted by Gasteiger charge is 1.66. The Morgan fingerprint density at radius 3 is 1.89 bits per heavy atom. The molecule has 0 aliphatic carbocycles. The van der Waals surface area contributed by atoms with Gasteiger partial charge in [0.1, 0.15) is 6.29 Å². The van der Waals surface area contributed by atoms with Gasteiger partial charge >= 0.3 is 0 Å². The Kier molecular flexibility index (Phi) is 19.9. The average Bonchev–Trinajstić information content (AvgIpc) is 1.91. The van der Waals surface area contributed by atoms with Gasteiger partial charge in [-0.15, -0.1) is 0 Å². The second-order valence-electron chi connectivity index (χ2n) is 1.66. The quantitative estimate of drug-likeness (QED) is 0.583. The summed E-state index contributed by atoms with van der Waals surface area (Å²) in [6.07, 6.45) is 2.61. The van der Waals surface area contributed by atoms with E-state index in [0.717, 1.165) is 19.3 Å². The van der Waals surface area contributed by atoms with Gasteiger partial charge in [-0.3, -0.25) is 0 Å². The van der Waals surface area contributed by atoms with Crippen molar-refractivity contribution in [1.29, 1.82) is 0 Å². The first-order valence-corrected chi connectivity index (χ1v) is 3.41. The van der Waals surface area contributed by atoms with Crippen molar-refractivity contribution in [3.05, 3.63) is 0 Å². The number of aldehydes is 1. The van der Waals surface area contributed by atoms with Crippen molar-refractivity contribution in [3.63, 3.8) is 0 Å². The fraction of sp³-hybridized carbons (Fsp3) is 0.857. The van der Waals surface area contributed by atoms with Gasteiger partial charge < -0.3 is 10.1 Å². The summed E-state index contributed by atoms with van der Waals surface area (Å²) < 4.78 is 0. The molecule has 56 valence electrons. The van der Waals surface area contributed by atoms with Crippen LogP contribution in [0.1, 0.15) is 26.7 Å². The molecule has 0 aromatic heterocycles. The lowest BCUT2D eigenvalue weighted by Gasteiger charge is -1.76. The number of hydrogen-bond acceptors (Lipinski definition) is 2. The smallest absolute Gasteiger partial charge is 0.119 e. The highest BCUT2D eigenvalue weighted by molar-refractivity contribution is 5.48. The molecular weight excluding hydrogens is 114 g/mol. The first-order valence-electron chi connectivity index (χ1n) is 3.41. The van der Waals surface area contributed by atoms with E-state index in [-0.39, 0.29) is 0 Å². The second kappa shape index (κ2) is 15.6. The lowest BCUT2D eigenvalue weighted by Crippen LogP contribution is -2.01. The van der Waals surface area contributed by atoms with Crippen LogP contribution < -0.4 is 5.32 Å². The standard InChI is InChI=1S/C4H8O.C3H9N/c1-2-3-4-5;1-3-4-2/h4H,2-3H2,1H3;4H,3H2,1-2H3. The van der Waals surface area contributed by atoms with Crippen molar-refractivity contribution in [3.8, 4) is 0 Å². The van der Waals surface area contributed by atoms with Gasteiger partial charge in [0.15, 0.2) is 0 Å². The molecule has 0 aromatic rings. The fourth-order valence-electron chi connectivity index (χ4n) is 0.118. The molecule has 0 atom stereocenters. The monoisotopic (exact) mass is 131 g/mol. The Bertz CT molecular complexity index is 44.2. The van der Waals surface area contributed by atoms with E-state index in [9.17, 15) is 4.79 Å². The number of nitrogens with one attached hydrogen (secondary N) is 1. The summed E-state index contributed by atoms with van der Waals surface area (Å²) in [7, 11) is 1.93. The second-order valence-corrected chi connectivity index (χ2v) is 1.66. The predicted octanol–water partition coefficient (Wildman–Crippen LogP) is 1.21. The summed E-state index contributed by atoms with van der Waals surface area (Å²) in [6, 6.07) is 0. The normalized spacial score (nSPS) is 7.44. The highest BCUT2D eigenvalue weighted by Crippen LogP contribution is 1.74. The molecule has 0 bridgehead atoms. The molecular formula is C7H17NO. The topological polar surface area (TPSA) is 29.1 Å². The number of carbonyl (C=O) groups is 1. The fourth-order valence-corrected chi connectivity index (χ4v) is 0.118. The Labute approximate surface area is 57.6 Å². The van der Waals surface area contributed by atoms with Crippen molar-refractivity contribution in [2.75, 3.05) is 13.6 Å². The van der Waals surface area contributed by atoms with Gasteiger partial charge in [-0.2, -0.15) is 0 Å². The van der Waals surface area contributed by atoms with Crippen molar-refractivity contribution in [1.82, 2.24) is 5.32 Å². The van der Waals surface area contributed by atoms with Crippen molar-refractivity contribution < 1.29 is 4.79 Å². The van der Waals surface area contributed by atoms with Crippen molar-refractivity contribution in [2.45, 2.75) is 26.7 Å². The van der Waals surface area contributed by atoms with Crippen LogP contribution in [0.3, 0.4) is 0 Å². The van der Waals surface area contributed by atoms with Crippen LogP contribution in [0.15, 0.2) is 0 Å². The molecule has 0 rings (SSSR count). The predicted molar refractivity (Wildman–Crippen MR) is 40.6 cm³/mol. The SMILES string of the molecule is CCCC=O.CCNC. The van der Waals surface area contributed by atoms with Gasteiger partial charge in [-0.25, -0.2) is 0 Å². The molecule has 2 nitrogen and oxygen atoms in total. The zero-order chi connectivity index (χ0) is 7.54. The molecule has 0 aliphatic heterocycles. The van der Waals surface area contributed by atoms with Crippen LogP contribution in [-0.2, 0) is 4.79 Å². The summed E-state index contributed by atoms with van der Waals surface area (Å²) >= 11 is 0. The third-order valence-electron chi connectivity index (χ3n) is 0.760. The third-order valence-corrected chi connectivity index (χ3v) is 0.760. The number of carbonyl (C=O) groups excluding carboxylic acids is 1. The molecule has 0 amide bonds. The molecule has 1 N–H and O–H groups in total. The summed E-state index contributed by atoms with van der Waals surface area (Å²) in [4.78, 5) is 9.40. The van der Waals surface area contributed by atoms with Crippen LogP contribution in [0, 0.1) is 0 Å². The lowest BCUT2D eigenvalue weighted by atomic mass is 10.4. The van der Waals surface area contributed by atoms with Crippen molar-refractivity contribution >= 4 is 6.29 Å². The van der Waals surface area contributed by atoms with Gasteiger partial charge in [0.25, 0.3) is 0 Å². The minimum absolute atomic E-state index is 0.708. The summed E-state index contributed by atoms with van der Waals surface area (Å²) in [5.41, 5.74) is 0. The first kappa shape index (κ1) is 11.4. The Hall–Kier alpha value is -0.370. The van der Waals surface area contributed by atoms with Crippen LogP contribution in [-0.4, -0.2) is 19.9 Å². The maximum absolute atomic E-state index is 9.40. The Balaban J connectivity index is 0. The zero-order valence-corrected chi connectivity index (χ0v) is 6.61. The Morgan fingerprint density at radius 1 is 1.44 bits per heavy atom. The molecule has 0 unspecified atom stereocenters. The molecule has 0 aromatic carbocycles. The number of unbranched alkanes of at least 4 members (excludes halogenated alkanes) is 1. The van der Waals surface area contributed by atoms with E-state index in [2.05, 4.69) is 12.2 Å². The van der Waals surface area contributed by atoms with Gasteiger partial charge in [-0.05, 0) is 20.0 Å². The van der Waals surface area contributed by atoms with Crippen LogP contribution in [0.2, 0.25) is 0 Å². The highest BCUT2D eigenvalue weighted by atomic mass is 16.1. The van der Waals surface area contributed by atoms with Crippen molar-refractivity contribution in [2.24, 2.45) is 0 Å². The molecule has 0 fully saturated rings. The molecule has 0 spiro atoms. The van der Waals surface area contributed by atoms with E-state index < -0.39 is 0 Å². The molecule has 2 heteroatoms. The van der Waals surface area contributed by atoms with Crippen LogP contribution in [0.5, 0.6) is 0 Å². The molecule has 0 heterocycles. The molecule has 9 heavy (non-hydrogen) atoms. The Morgan fingerprint density at radius 2 is 1.89 bits per heavy atom. The molecule has 0 radical (unpaired) electrons. The van der Waals surface area contributed by atoms with E-state index in [1.807, 2.05) is 14.0 Å². The summed E-state index contributed by atoms with van der Waals surface area (Å²) in [5.74, 6) is 0. The maximum Gasteiger partial charge on any atom is 0.119 e. The van der Waals surface area contributed by atoms with E-state index in [1.165, 1.54) is 0 Å². The maximum atomic E-state index is 9.40.